The Morgan fingerprint density at radius 2 is 1.81 bits per heavy atom. The maximum atomic E-state index is 13.6. The number of alkyl carbamates (subject to hydrolysis) is 1. The van der Waals surface area contributed by atoms with E-state index in [4.69, 9.17) is 4.74 Å². The molecule has 0 radical (unpaired) electrons. The summed E-state index contributed by atoms with van der Waals surface area (Å²) >= 11 is 0. The zero-order chi connectivity index (χ0) is 30.9. The number of ether oxygens (including phenoxy) is 1. The Morgan fingerprint density at radius 1 is 1.10 bits per heavy atom. The summed E-state index contributed by atoms with van der Waals surface area (Å²) in [7, 11) is 0. The normalized spacial score (nSPS) is 16.8. The molecule has 228 valence electrons. The lowest BCUT2D eigenvalue weighted by Crippen LogP contribution is -2.45. The molecule has 0 bridgehead atoms. The van der Waals surface area contributed by atoms with Crippen molar-refractivity contribution in [1.82, 2.24) is 15.6 Å². The molecule has 1 saturated carbocycles. The summed E-state index contributed by atoms with van der Waals surface area (Å²) in [6.45, 7) is 20.9. The Kier molecular flexibility index (Phi) is 11.8. The van der Waals surface area contributed by atoms with Crippen molar-refractivity contribution in [3.63, 3.8) is 0 Å². The summed E-state index contributed by atoms with van der Waals surface area (Å²) in [4.78, 5) is 33.0. The minimum atomic E-state index is -0.511. The van der Waals surface area contributed by atoms with E-state index in [2.05, 4.69) is 52.7 Å². The van der Waals surface area contributed by atoms with Gasteiger partial charge in [0.15, 0.2) is 0 Å². The zero-order valence-electron chi connectivity index (χ0n) is 26.5. The van der Waals surface area contributed by atoms with Crippen molar-refractivity contribution in [3.05, 3.63) is 83.2 Å². The van der Waals surface area contributed by atoms with Crippen LogP contribution in [0.1, 0.15) is 98.2 Å². The fraction of sp³-hybridized carbons (Fsp3) is 0.514. The van der Waals surface area contributed by atoms with Crippen LogP contribution in [-0.2, 0) is 24.1 Å². The monoisotopic (exact) mass is 574 g/mol. The van der Waals surface area contributed by atoms with Crippen molar-refractivity contribution >= 4 is 17.7 Å². The number of pyridine rings is 1. The van der Waals surface area contributed by atoms with E-state index < -0.39 is 5.60 Å². The van der Waals surface area contributed by atoms with Gasteiger partial charge in [-0.15, -0.1) is 13.2 Å². The van der Waals surface area contributed by atoms with Crippen molar-refractivity contribution in [2.45, 2.75) is 111 Å². The van der Waals surface area contributed by atoms with Gasteiger partial charge in [-0.05, 0) is 121 Å². The summed E-state index contributed by atoms with van der Waals surface area (Å²) in [5, 5.41) is 6.23. The highest BCUT2D eigenvalue weighted by Gasteiger charge is 2.29. The second kappa shape index (κ2) is 15.0. The number of rotatable bonds is 12. The Hall–Kier alpha value is -3.61. The first kappa shape index (κ1) is 32.9. The Morgan fingerprint density at radius 3 is 2.43 bits per heavy atom. The molecule has 1 aromatic carbocycles. The van der Waals surface area contributed by atoms with Crippen LogP contribution in [0.5, 0.6) is 0 Å². The third-order valence-corrected chi connectivity index (χ3v) is 7.85. The predicted octanol–water partition coefficient (Wildman–Crippen LogP) is 7.14. The molecule has 1 heterocycles. The maximum Gasteiger partial charge on any atom is 0.407 e. The minimum Gasteiger partial charge on any atom is -0.444 e. The highest BCUT2D eigenvalue weighted by atomic mass is 16.6. The van der Waals surface area contributed by atoms with Crippen molar-refractivity contribution in [2.75, 3.05) is 11.4 Å². The van der Waals surface area contributed by atoms with Gasteiger partial charge < -0.3 is 20.3 Å². The topological polar surface area (TPSA) is 83.6 Å². The summed E-state index contributed by atoms with van der Waals surface area (Å²) in [5.41, 5.74) is 6.44. The standard InChI is InChI=1S/C35H50N4O3/c1-9-12-15-26-22-24(4)37-25(5)31(26)23-36-33(40)30-16-13-17-32(29(30)14-10-2)39(11-3)28-20-18-27(19-21-28)38-34(41)42-35(6,7)8/h9-10,13,16-17,22,27-28H,1-2,11-12,14-15,18-21,23H2,3-8H3,(H,36,40)(H,38,41). The molecule has 7 heteroatoms. The molecule has 42 heavy (non-hydrogen) atoms. The molecule has 0 aliphatic heterocycles. The molecule has 7 nitrogen and oxygen atoms in total. The van der Waals surface area contributed by atoms with Crippen molar-refractivity contribution in [2.24, 2.45) is 0 Å². The van der Waals surface area contributed by atoms with E-state index in [-0.39, 0.29) is 18.0 Å². The predicted molar refractivity (Wildman–Crippen MR) is 172 cm³/mol. The van der Waals surface area contributed by atoms with Crippen LogP contribution in [-0.4, -0.2) is 41.2 Å². The number of nitrogens with one attached hydrogen (secondary N) is 2. The average molecular weight is 575 g/mol. The second-order valence-electron chi connectivity index (χ2n) is 12.2. The Bertz CT molecular complexity index is 1260. The number of anilines is 1. The third kappa shape index (κ3) is 8.94. The molecule has 1 aliphatic carbocycles. The first-order chi connectivity index (χ1) is 20.0. The van der Waals surface area contributed by atoms with Crippen LogP contribution in [0.25, 0.3) is 0 Å². The number of carbonyl (C=O) groups is 2. The van der Waals surface area contributed by atoms with E-state index in [1.54, 1.807) is 0 Å². The molecule has 1 aromatic heterocycles. The number of aryl methyl sites for hydroxylation is 3. The van der Waals surface area contributed by atoms with E-state index in [9.17, 15) is 9.59 Å². The van der Waals surface area contributed by atoms with Gasteiger partial charge >= 0.3 is 6.09 Å². The lowest BCUT2D eigenvalue weighted by Gasteiger charge is -2.39. The highest BCUT2D eigenvalue weighted by molar-refractivity contribution is 5.97. The highest BCUT2D eigenvalue weighted by Crippen LogP contribution is 2.32. The molecule has 1 fully saturated rings. The van der Waals surface area contributed by atoms with Gasteiger partial charge in [0.05, 0.1) is 0 Å². The van der Waals surface area contributed by atoms with Crippen molar-refractivity contribution < 1.29 is 14.3 Å². The number of allylic oxidation sites excluding steroid dienone is 2. The molecule has 2 N–H and O–H groups in total. The lowest BCUT2D eigenvalue weighted by molar-refractivity contribution is 0.0491. The maximum absolute atomic E-state index is 13.6. The first-order valence-corrected chi connectivity index (χ1v) is 15.3. The summed E-state index contributed by atoms with van der Waals surface area (Å²) in [6, 6.07) is 8.54. The summed E-state index contributed by atoms with van der Waals surface area (Å²) in [5.74, 6) is -0.0929. The SMILES string of the molecule is C=CCCc1cc(C)nc(C)c1CNC(=O)c1cccc(N(CC)C2CCC(NC(=O)OC(C)(C)C)CC2)c1CC=C. The molecular formula is C35H50N4O3. The van der Waals surface area contributed by atoms with Gasteiger partial charge in [-0.25, -0.2) is 4.79 Å². The average Bonchev–Trinajstić information content (AvgIpc) is 2.92. The zero-order valence-corrected chi connectivity index (χ0v) is 26.5. The number of amides is 2. The quantitative estimate of drug-likeness (QED) is 0.263. The van der Waals surface area contributed by atoms with Crippen LogP contribution < -0.4 is 15.5 Å². The molecule has 0 atom stereocenters. The van der Waals surface area contributed by atoms with E-state index in [0.717, 1.165) is 73.3 Å². The van der Waals surface area contributed by atoms with E-state index in [0.29, 0.717) is 24.6 Å². The number of carbonyl (C=O) groups excluding carboxylic acids is 2. The van der Waals surface area contributed by atoms with E-state index in [1.165, 1.54) is 5.56 Å². The second-order valence-corrected chi connectivity index (χ2v) is 12.2. The molecular weight excluding hydrogens is 524 g/mol. The van der Waals surface area contributed by atoms with Gasteiger partial charge in [0, 0.05) is 47.8 Å². The number of nitrogens with zero attached hydrogens (tertiary/aromatic N) is 2. The van der Waals surface area contributed by atoms with Gasteiger partial charge in [0.25, 0.3) is 5.91 Å². The van der Waals surface area contributed by atoms with Crippen LogP contribution in [0.4, 0.5) is 10.5 Å². The van der Waals surface area contributed by atoms with Crippen molar-refractivity contribution in [3.8, 4) is 0 Å². The fourth-order valence-electron chi connectivity index (χ4n) is 5.97. The Balaban J connectivity index is 1.76. The van der Waals surface area contributed by atoms with Gasteiger partial charge in [-0.2, -0.15) is 0 Å². The summed E-state index contributed by atoms with van der Waals surface area (Å²) < 4.78 is 5.45. The third-order valence-electron chi connectivity index (χ3n) is 7.85. The molecule has 0 saturated heterocycles. The van der Waals surface area contributed by atoms with Gasteiger partial charge in [-0.1, -0.05) is 18.2 Å². The van der Waals surface area contributed by atoms with Gasteiger partial charge in [-0.3, -0.25) is 9.78 Å². The largest absolute Gasteiger partial charge is 0.444 e. The number of hydrogen-bond acceptors (Lipinski definition) is 5. The van der Waals surface area contributed by atoms with Crippen LogP contribution in [0.2, 0.25) is 0 Å². The van der Waals surface area contributed by atoms with Crippen LogP contribution in [0, 0.1) is 13.8 Å². The van der Waals surface area contributed by atoms with E-state index >= 15 is 0 Å². The Labute approximate surface area is 252 Å². The molecule has 2 aromatic rings. The van der Waals surface area contributed by atoms with Crippen LogP contribution >= 0.6 is 0 Å². The smallest absolute Gasteiger partial charge is 0.407 e. The number of hydrogen-bond donors (Lipinski definition) is 2. The molecule has 0 spiro atoms. The van der Waals surface area contributed by atoms with Crippen LogP contribution in [0.3, 0.4) is 0 Å². The number of benzene rings is 1. The number of aromatic nitrogens is 1. The summed E-state index contributed by atoms with van der Waals surface area (Å²) in [6.07, 6.45) is 9.45. The fourth-order valence-corrected chi connectivity index (χ4v) is 5.97. The molecule has 1 aliphatic rings. The van der Waals surface area contributed by atoms with Gasteiger partial charge in [0.2, 0.25) is 0 Å². The molecule has 0 unspecified atom stereocenters. The minimum absolute atomic E-state index is 0.0929. The lowest BCUT2D eigenvalue weighted by atomic mass is 9.89. The molecule has 2 amide bonds. The van der Waals surface area contributed by atoms with Gasteiger partial charge in [0.1, 0.15) is 5.60 Å². The van der Waals surface area contributed by atoms with Crippen molar-refractivity contribution in [1.29, 1.82) is 0 Å². The molecule has 3 rings (SSSR count). The van der Waals surface area contributed by atoms with Crippen LogP contribution in [0.15, 0.2) is 49.6 Å². The van der Waals surface area contributed by atoms with E-state index in [1.807, 2.05) is 58.9 Å². The first-order valence-electron chi connectivity index (χ1n) is 15.3.